The lowest BCUT2D eigenvalue weighted by Gasteiger charge is -2.33. The molecule has 1 aromatic carbocycles. The van der Waals surface area contributed by atoms with Crippen LogP contribution in [0, 0.1) is 19.7 Å². The molecule has 6 nitrogen and oxygen atoms in total. The molecule has 1 aliphatic heterocycles. The maximum Gasteiger partial charge on any atom is 0.244 e. The van der Waals surface area contributed by atoms with Crippen molar-refractivity contribution in [3.8, 4) is 0 Å². The van der Waals surface area contributed by atoms with Crippen LogP contribution in [0.4, 0.5) is 4.39 Å². The van der Waals surface area contributed by atoms with E-state index >= 15 is 0 Å². The minimum Gasteiger partial charge on any atom is -0.263 e. The van der Waals surface area contributed by atoms with Gasteiger partial charge < -0.3 is 0 Å². The molecule has 0 saturated carbocycles. The molecule has 1 fully saturated rings. The van der Waals surface area contributed by atoms with Crippen LogP contribution in [0.2, 0.25) is 0 Å². The minimum atomic E-state index is -3.72. The first-order chi connectivity index (χ1) is 10.9. The fraction of sp³-hybridized carbons (Fsp3) is 0.467. The molecular weight excluding hydrogens is 319 g/mol. The van der Waals surface area contributed by atoms with Crippen molar-refractivity contribution < 1.29 is 12.8 Å². The molecule has 0 spiro atoms. The molecule has 8 heteroatoms. The molecule has 0 unspecified atom stereocenters. The van der Waals surface area contributed by atoms with Crippen LogP contribution in [-0.2, 0) is 10.0 Å². The van der Waals surface area contributed by atoms with Crippen molar-refractivity contribution >= 4 is 10.0 Å². The quantitative estimate of drug-likeness (QED) is 0.932. The molecule has 1 aliphatic rings. The number of rotatable bonds is 3. The summed E-state index contributed by atoms with van der Waals surface area (Å²) in [5.74, 6) is 0.702. The van der Waals surface area contributed by atoms with E-state index in [0.29, 0.717) is 30.2 Å². The van der Waals surface area contributed by atoms with Crippen LogP contribution in [0.1, 0.15) is 42.5 Å². The number of hydrogen-bond donors (Lipinski definition) is 1. The Morgan fingerprint density at radius 3 is 2.74 bits per heavy atom. The highest BCUT2D eigenvalue weighted by Gasteiger charge is 2.37. The van der Waals surface area contributed by atoms with Crippen LogP contribution in [0.15, 0.2) is 23.1 Å². The first-order valence-corrected chi connectivity index (χ1v) is 9.00. The Morgan fingerprint density at radius 1 is 1.30 bits per heavy atom. The summed E-state index contributed by atoms with van der Waals surface area (Å²) >= 11 is 0. The second kappa shape index (κ2) is 6.01. The summed E-state index contributed by atoms with van der Waals surface area (Å²) in [5, 5.41) is 6.90. The average Bonchev–Trinajstić information content (AvgIpc) is 2.93. The topological polar surface area (TPSA) is 79.0 Å². The van der Waals surface area contributed by atoms with Gasteiger partial charge in [0.25, 0.3) is 0 Å². The lowest BCUT2D eigenvalue weighted by Crippen LogP contribution is -2.39. The Hall–Kier alpha value is -1.80. The third-order valence-electron chi connectivity index (χ3n) is 4.09. The summed E-state index contributed by atoms with van der Waals surface area (Å²) < 4.78 is 40.8. The summed E-state index contributed by atoms with van der Waals surface area (Å²) in [4.78, 5) is 4.43. The number of sulfonamides is 1. The third kappa shape index (κ3) is 3.00. The number of piperidine rings is 1. The molecule has 3 rings (SSSR count). The number of H-pyrrole nitrogens is 1. The zero-order chi connectivity index (χ0) is 16.6. The molecule has 0 radical (unpaired) electrons. The van der Waals surface area contributed by atoms with Gasteiger partial charge in [0.1, 0.15) is 11.6 Å². The molecule has 1 saturated heterocycles. The maximum atomic E-state index is 13.3. The normalized spacial score (nSPS) is 19.9. The van der Waals surface area contributed by atoms with Crippen LogP contribution < -0.4 is 0 Å². The molecule has 0 aliphatic carbocycles. The number of benzene rings is 1. The summed E-state index contributed by atoms with van der Waals surface area (Å²) in [5.41, 5.74) is 0.403. The SMILES string of the molecule is Cc1nc([C@@H]2CCCCN2S(=O)(=O)c2ccc(F)cc2C)n[nH]1. The zero-order valence-electron chi connectivity index (χ0n) is 13.1. The fourth-order valence-corrected chi connectivity index (χ4v) is 4.85. The predicted octanol–water partition coefficient (Wildman–Crippen LogP) is 2.48. The van der Waals surface area contributed by atoms with E-state index in [0.717, 1.165) is 12.8 Å². The van der Waals surface area contributed by atoms with Crippen molar-refractivity contribution in [2.24, 2.45) is 0 Å². The van der Waals surface area contributed by atoms with Gasteiger partial charge in [-0.1, -0.05) is 6.42 Å². The molecule has 1 atom stereocenters. The van der Waals surface area contributed by atoms with Gasteiger partial charge in [0.05, 0.1) is 10.9 Å². The lowest BCUT2D eigenvalue weighted by atomic mass is 10.0. The van der Waals surface area contributed by atoms with Crippen molar-refractivity contribution in [1.29, 1.82) is 0 Å². The van der Waals surface area contributed by atoms with Crippen molar-refractivity contribution in [2.75, 3.05) is 6.54 Å². The van der Waals surface area contributed by atoms with Crippen molar-refractivity contribution in [1.82, 2.24) is 19.5 Å². The maximum absolute atomic E-state index is 13.3. The molecule has 2 aromatic rings. The van der Waals surface area contributed by atoms with Gasteiger partial charge in [-0.15, -0.1) is 0 Å². The van der Waals surface area contributed by atoms with Crippen molar-refractivity contribution in [3.05, 3.63) is 41.2 Å². The van der Waals surface area contributed by atoms with Gasteiger partial charge in [0.2, 0.25) is 10.0 Å². The van der Waals surface area contributed by atoms with Crippen LogP contribution in [0.3, 0.4) is 0 Å². The molecular formula is C15H19FN4O2S. The van der Waals surface area contributed by atoms with Crippen LogP contribution in [0.25, 0.3) is 0 Å². The number of nitrogens with one attached hydrogen (secondary N) is 1. The van der Waals surface area contributed by atoms with Gasteiger partial charge in [-0.3, -0.25) is 5.10 Å². The van der Waals surface area contributed by atoms with Crippen LogP contribution in [0.5, 0.6) is 0 Å². The molecule has 124 valence electrons. The van der Waals surface area contributed by atoms with E-state index < -0.39 is 15.8 Å². The summed E-state index contributed by atoms with van der Waals surface area (Å²) in [6.45, 7) is 3.80. The predicted molar refractivity (Wildman–Crippen MR) is 82.7 cm³/mol. The van der Waals surface area contributed by atoms with Gasteiger partial charge in [0.15, 0.2) is 5.82 Å². The highest BCUT2D eigenvalue weighted by molar-refractivity contribution is 7.89. The zero-order valence-corrected chi connectivity index (χ0v) is 13.9. The first-order valence-electron chi connectivity index (χ1n) is 7.56. The monoisotopic (exact) mass is 338 g/mol. The highest BCUT2D eigenvalue weighted by atomic mass is 32.2. The Bertz CT molecular complexity index is 819. The van der Waals surface area contributed by atoms with Crippen LogP contribution in [-0.4, -0.2) is 34.4 Å². The molecule has 1 N–H and O–H groups in total. The standard InChI is InChI=1S/C15H19FN4O2S/c1-10-9-12(16)6-7-14(10)23(21,22)20-8-4-3-5-13(20)15-17-11(2)18-19-15/h6-7,9,13H,3-5,8H2,1-2H3,(H,17,18,19)/t13-/m0/s1. The molecule has 0 amide bonds. The second-order valence-electron chi connectivity index (χ2n) is 5.82. The van der Waals surface area contributed by atoms with Gasteiger partial charge in [-0.05, 0) is 50.5 Å². The first kappa shape index (κ1) is 16.1. The fourth-order valence-electron chi connectivity index (χ4n) is 2.99. The van der Waals surface area contributed by atoms with E-state index in [2.05, 4.69) is 15.2 Å². The van der Waals surface area contributed by atoms with Crippen LogP contribution >= 0.6 is 0 Å². The Balaban J connectivity index is 2.02. The number of halogens is 1. The summed E-state index contributed by atoms with van der Waals surface area (Å²) in [6.07, 6.45) is 2.39. The largest absolute Gasteiger partial charge is 0.263 e. The smallest absolute Gasteiger partial charge is 0.244 e. The van der Waals surface area contributed by atoms with Crippen molar-refractivity contribution in [3.63, 3.8) is 0 Å². The Morgan fingerprint density at radius 2 is 2.09 bits per heavy atom. The van der Waals surface area contributed by atoms with E-state index in [4.69, 9.17) is 0 Å². The number of aromatic nitrogens is 3. The van der Waals surface area contributed by atoms with E-state index in [1.807, 2.05) is 0 Å². The van der Waals surface area contributed by atoms with Gasteiger partial charge in [0, 0.05) is 6.54 Å². The Kier molecular flexibility index (Phi) is 4.20. The van der Waals surface area contributed by atoms with E-state index in [9.17, 15) is 12.8 Å². The molecule has 2 heterocycles. The Labute approximate surface area is 134 Å². The lowest BCUT2D eigenvalue weighted by molar-refractivity contribution is 0.247. The number of aryl methyl sites for hydroxylation is 2. The van der Waals surface area contributed by atoms with Gasteiger partial charge in [-0.2, -0.15) is 9.40 Å². The van der Waals surface area contributed by atoms with Crippen molar-refractivity contribution in [2.45, 2.75) is 44.0 Å². The summed E-state index contributed by atoms with van der Waals surface area (Å²) in [7, 11) is -3.72. The third-order valence-corrected chi connectivity index (χ3v) is 6.16. The summed E-state index contributed by atoms with van der Waals surface area (Å²) in [6, 6.07) is 3.36. The number of hydrogen-bond acceptors (Lipinski definition) is 4. The number of nitrogens with zero attached hydrogens (tertiary/aromatic N) is 3. The van der Waals surface area contributed by atoms with E-state index in [1.54, 1.807) is 13.8 Å². The number of aromatic amines is 1. The average molecular weight is 338 g/mol. The molecule has 23 heavy (non-hydrogen) atoms. The van der Waals surface area contributed by atoms with E-state index in [1.165, 1.54) is 22.5 Å². The van der Waals surface area contributed by atoms with E-state index in [-0.39, 0.29) is 10.9 Å². The minimum absolute atomic E-state index is 0.137. The second-order valence-corrected chi connectivity index (χ2v) is 7.68. The molecule has 1 aromatic heterocycles. The van der Waals surface area contributed by atoms with Gasteiger partial charge >= 0.3 is 0 Å². The molecule has 0 bridgehead atoms. The van der Waals surface area contributed by atoms with Gasteiger partial charge in [-0.25, -0.2) is 17.8 Å². The highest BCUT2D eigenvalue weighted by Crippen LogP contribution is 2.34.